The number of rotatable bonds is 2. The van der Waals surface area contributed by atoms with Gasteiger partial charge in [0.05, 0.1) is 5.03 Å². The van der Waals surface area contributed by atoms with Crippen LogP contribution in [0.5, 0.6) is 0 Å². The quantitative estimate of drug-likeness (QED) is 0.778. The van der Waals surface area contributed by atoms with Crippen LogP contribution in [0.1, 0.15) is 12.5 Å². The SMILES string of the molecule is CC(=O)NC(C#N)=C(Cl)c1ccccc1. The molecule has 0 bridgehead atoms. The van der Waals surface area contributed by atoms with Gasteiger partial charge >= 0.3 is 0 Å². The summed E-state index contributed by atoms with van der Waals surface area (Å²) < 4.78 is 0. The second-order valence-electron chi connectivity index (χ2n) is 2.85. The van der Waals surface area contributed by atoms with Crippen LogP contribution in [0.25, 0.3) is 5.03 Å². The lowest BCUT2D eigenvalue weighted by atomic mass is 10.2. The van der Waals surface area contributed by atoms with Crippen LogP contribution in [-0.2, 0) is 4.79 Å². The summed E-state index contributed by atoms with van der Waals surface area (Å²) in [6, 6.07) is 10.8. The fourth-order valence-electron chi connectivity index (χ4n) is 1.04. The predicted molar refractivity (Wildman–Crippen MR) is 58.6 cm³/mol. The van der Waals surface area contributed by atoms with Crippen LogP contribution in [-0.4, -0.2) is 5.91 Å². The highest BCUT2D eigenvalue weighted by Crippen LogP contribution is 2.20. The molecule has 0 aliphatic heterocycles. The van der Waals surface area contributed by atoms with Gasteiger partial charge < -0.3 is 5.32 Å². The molecule has 0 radical (unpaired) electrons. The molecule has 0 aliphatic carbocycles. The van der Waals surface area contributed by atoms with Gasteiger partial charge in [-0.15, -0.1) is 0 Å². The maximum atomic E-state index is 10.8. The largest absolute Gasteiger partial charge is 0.316 e. The van der Waals surface area contributed by atoms with Crippen LogP contribution in [0.2, 0.25) is 0 Å². The second-order valence-corrected chi connectivity index (χ2v) is 3.23. The van der Waals surface area contributed by atoms with Gasteiger partial charge in [-0.3, -0.25) is 4.79 Å². The minimum Gasteiger partial charge on any atom is -0.316 e. The Balaban J connectivity index is 3.08. The molecule has 0 spiro atoms. The summed E-state index contributed by atoms with van der Waals surface area (Å²) in [5, 5.41) is 11.4. The molecule has 0 aliphatic rings. The minimum atomic E-state index is -0.319. The third-order valence-corrected chi connectivity index (χ3v) is 2.07. The molecule has 1 N–H and O–H groups in total. The van der Waals surface area contributed by atoms with Gasteiger partial charge in [0.1, 0.15) is 11.8 Å². The Hall–Kier alpha value is -1.79. The van der Waals surface area contributed by atoms with E-state index in [1.165, 1.54) is 6.92 Å². The number of hydrogen-bond acceptors (Lipinski definition) is 2. The molecule has 0 atom stereocenters. The fraction of sp³-hybridized carbons (Fsp3) is 0.0909. The number of nitriles is 1. The van der Waals surface area contributed by atoms with Gasteiger partial charge in [-0.1, -0.05) is 41.9 Å². The third kappa shape index (κ3) is 3.12. The summed E-state index contributed by atoms with van der Waals surface area (Å²) in [6.45, 7) is 1.33. The zero-order valence-electron chi connectivity index (χ0n) is 8.12. The molecular formula is C11H9ClN2O. The van der Waals surface area contributed by atoms with E-state index < -0.39 is 0 Å². The number of allylic oxidation sites excluding steroid dienone is 1. The number of benzene rings is 1. The summed E-state index contributed by atoms with van der Waals surface area (Å²) >= 11 is 5.96. The molecule has 3 nitrogen and oxygen atoms in total. The van der Waals surface area contributed by atoms with E-state index in [-0.39, 0.29) is 16.6 Å². The Bertz CT molecular complexity index is 432. The maximum Gasteiger partial charge on any atom is 0.221 e. The predicted octanol–water partition coefficient (Wildman–Crippen LogP) is 2.25. The summed E-state index contributed by atoms with van der Waals surface area (Å²) in [4.78, 5) is 10.8. The van der Waals surface area contributed by atoms with Crippen molar-refractivity contribution in [1.29, 1.82) is 5.26 Å². The van der Waals surface area contributed by atoms with Crippen LogP contribution < -0.4 is 5.32 Å². The first kappa shape index (κ1) is 11.3. The number of nitrogens with one attached hydrogen (secondary N) is 1. The Kier molecular flexibility index (Phi) is 3.90. The molecule has 0 saturated heterocycles. The molecular weight excluding hydrogens is 212 g/mol. The normalized spacial score (nSPS) is 11.3. The highest BCUT2D eigenvalue weighted by molar-refractivity contribution is 6.49. The highest BCUT2D eigenvalue weighted by atomic mass is 35.5. The van der Waals surface area contributed by atoms with E-state index in [1.54, 1.807) is 24.3 Å². The number of nitrogens with zero attached hydrogens (tertiary/aromatic N) is 1. The van der Waals surface area contributed by atoms with Gasteiger partial charge in [0.2, 0.25) is 5.91 Å². The van der Waals surface area contributed by atoms with E-state index >= 15 is 0 Å². The van der Waals surface area contributed by atoms with E-state index in [0.29, 0.717) is 5.56 Å². The molecule has 0 aromatic heterocycles. The lowest BCUT2D eigenvalue weighted by molar-refractivity contribution is -0.118. The average Bonchev–Trinajstić information content (AvgIpc) is 2.26. The summed E-state index contributed by atoms with van der Waals surface area (Å²) in [7, 11) is 0. The van der Waals surface area contributed by atoms with E-state index in [4.69, 9.17) is 16.9 Å². The van der Waals surface area contributed by atoms with E-state index in [9.17, 15) is 4.79 Å². The van der Waals surface area contributed by atoms with Gasteiger partial charge in [-0.05, 0) is 5.56 Å². The first-order valence-electron chi connectivity index (χ1n) is 4.28. The fourth-order valence-corrected chi connectivity index (χ4v) is 1.25. The first-order valence-corrected chi connectivity index (χ1v) is 4.66. The number of amides is 1. The van der Waals surface area contributed by atoms with Gasteiger partial charge in [-0.2, -0.15) is 5.26 Å². The Morgan fingerprint density at radius 3 is 2.47 bits per heavy atom. The number of carbonyl (C=O) groups excluding carboxylic acids is 1. The maximum absolute atomic E-state index is 10.8. The molecule has 0 fully saturated rings. The van der Waals surface area contributed by atoms with Crippen LogP contribution >= 0.6 is 11.6 Å². The molecule has 1 aromatic rings. The molecule has 0 heterocycles. The minimum absolute atomic E-state index is 0.0652. The molecule has 1 rings (SSSR count). The van der Waals surface area contributed by atoms with Crippen molar-refractivity contribution in [3.05, 3.63) is 41.6 Å². The van der Waals surface area contributed by atoms with E-state index in [0.717, 1.165) is 0 Å². The Morgan fingerprint density at radius 2 is 2.00 bits per heavy atom. The standard InChI is InChI=1S/C11H9ClN2O/c1-8(15)14-10(7-13)11(12)9-5-3-2-4-6-9/h2-6H,1H3,(H,14,15). The zero-order valence-corrected chi connectivity index (χ0v) is 8.88. The van der Waals surface area contributed by atoms with Gasteiger partial charge in [0, 0.05) is 6.92 Å². The Morgan fingerprint density at radius 1 is 1.40 bits per heavy atom. The van der Waals surface area contributed by atoms with Crippen molar-refractivity contribution < 1.29 is 4.79 Å². The lowest BCUT2D eigenvalue weighted by Crippen LogP contribution is -2.18. The van der Waals surface area contributed by atoms with Crippen molar-refractivity contribution >= 4 is 22.5 Å². The average molecular weight is 221 g/mol. The molecule has 76 valence electrons. The molecule has 0 unspecified atom stereocenters. The zero-order chi connectivity index (χ0) is 11.3. The van der Waals surface area contributed by atoms with Crippen molar-refractivity contribution in [2.75, 3.05) is 0 Å². The van der Waals surface area contributed by atoms with Crippen LogP contribution in [0.4, 0.5) is 0 Å². The Labute approximate surface area is 93.0 Å². The summed E-state index contributed by atoms with van der Waals surface area (Å²) in [6.07, 6.45) is 0. The van der Waals surface area contributed by atoms with Crippen molar-refractivity contribution in [2.45, 2.75) is 6.92 Å². The third-order valence-electron chi connectivity index (χ3n) is 1.66. The number of carbonyl (C=O) groups is 1. The first-order chi connectivity index (χ1) is 7.15. The van der Waals surface area contributed by atoms with Crippen molar-refractivity contribution in [2.24, 2.45) is 0 Å². The molecule has 1 aromatic carbocycles. The van der Waals surface area contributed by atoms with Gasteiger partial charge in [-0.25, -0.2) is 0 Å². The molecule has 1 amide bonds. The van der Waals surface area contributed by atoms with Gasteiger partial charge in [0.15, 0.2) is 0 Å². The number of halogens is 1. The lowest BCUT2D eigenvalue weighted by Gasteiger charge is -2.03. The topological polar surface area (TPSA) is 52.9 Å². The molecule has 15 heavy (non-hydrogen) atoms. The molecule has 4 heteroatoms. The van der Waals surface area contributed by atoms with Crippen molar-refractivity contribution in [1.82, 2.24) is 5.32 Å². The van der Waals surface area contributed by atoms with Crippen molar-refractivity contribution in [3.8, 4) is 6.07 Å². The van der Waals surface area contributed by atoms with Crippen LogP contribution in [0.15, 0.2) is 36.0 Å². The van der Waals surface area contributed by atoms with Gasteiger partial charge in [0.25, 0.3) is 0 Å². The second kappa shape index (κ2) is 5.18. The van der Waals surface area contributed by atoms with Crippen LogP contribution in [0.3, 0.4) is 0 Å². The van der Waals surface area contributed by atoms with E-state index in [2.05, 4.69) is 5.32 Å². The van der Waals surface area contributed by atoms with E-state index in [1.807, 2.05) is 12.1 Å². The summed E-state index contributed by atoms with van der Waals surface area (Å²) in [5.74, 6) is -0.319. The van der Waals surface area contributed by atoms with Crippen molar-refractivity contribution in [3.63, 3.8) is 0 Å². The monoisotopic (exact) mass is 220 g/mol. The smallest absolute Gasteiger partial charge is 0.221 e. The number of hydrogen-bond donors (Lipinski definition) is 1. The molecule has 0 saturated carbocycles. The van der Waals surface area contributed by atoms with Crippen LogP contribution in [0, 0.1) is 11.3 Å². The summed E-state index contributed by atoms with van der Waals surface area (Å²) in [5.41, 5.74) is 0.764. The highest BCUT2D eigenvalue weighted by Gasteiger charge is 2.07.